The van der Waals surface area contributed by atoms with Crippen LogP contribution in [0, 0.1) is 19.7 Å². The number of aryl methyl sites for hydroxylation is 1. The van der Waals surface area contributed by atoms with Crippen LogP contribution in [0.5, 0.6) is 0 Å². The summed E-state index contributed by atoms with van der Waals surface area (Å²) in [5, 5.41) is 11.3. The third kappa shape index (κ3) is 5.45. The number of hydrogen-bond donors (Lipinski definition) is 2. The number of amides is 1. The van der Waals surface area contributed by atoms with Crippen LogP contribution in [0.15, 0.2) is 84.9 Å². The smallest absolute Gasteiger partial charge is 0.258 e. The Morgan fingerprint density at radius 2 is 1.67 bits per heavy atom. The Labute approximate surface area is 240 Å². The lowest BCUT2D eigenvalue weighted by atomic mass is 10.2. The molecule has 2 heterocycles. The van der Waals surface area contributed by atoms with E-state index < -0.39 is 5.91 Å². The zero-order chi connectivity index (χ0) is 27.7. The molecule has 1 amide bonds. The van der Waals surface area contributed by atoms with Crippen LogP contribution in [-0.4, -0.2) is 25.4 Å². The lowest BCUT2D eigenvalue weighted by Crippen LogP contribution is -2.34. The maximum Gasteiger partial charge on any atom is 0.258 e. The molecular formula is C29H22Cl2FN5OS. The molecule has 3 aromatic carbocycles. The van der Waals surface area contributed by atoms with E-state index in [1.807, 2.05) is 60.9 Å². The number of nitrogens with zero attached hydrogens (tertiary/aromatic N) is 3. The molecule has 0 radical (unpaired) electrons. The summed E-state index contributed by atoms with van der Waals surface area (Å²) >= 11 is 17.6. The predicted molar refractivity (Wildman–Crippen MR) is 158 cm³/mol. The molecule has 5 rings (SSSR count). The highest BCUT2D eigenvalue weighted by molar-refractivity contribution is 7.80. The summed E-state index contributed by atoms with van der Waals surface area (Å²) in [5.41, 5.74) is 4.65. The predicted octanol–water partition coefficient (Wildman–Crippen LogP) is 7.52. The van der Waals surface area contributed by atoms with Crippen molar-refractivity contribution in [3.05, 3.63) is 118 Å². The van der Waals surface area contributed by atoms with Gasteiger partial charge in [-0.05, 0) is 74.6 Å². The van der Waals surface area contributed by atoms with Gasteiger partial charge in [0.25, 0.3) is 5.91 Å². The van der Waals surface area contributed by atoms with Crippen LogP contribution in [-0.2, 0) is 0 Å². The lowest BCUT2D eigenvalue weighted by molar-refractivity contribution is 0.0978. The van der Waals surface area contributed by atoms with Crippen LogP contribution >= 0.6 is 35.4 Å². The van der Waals surface area contributed by atoms with E-state index in [0.29, 0.717) is 22.2 Å². The van der Waals surface area contributed by atoms with Crippen LogP contribution in [0.2, 0.25) is 10.0 Å². The van der Waals surface area contributed by atoms with Crippen LogP contribution in [0.1, 0.15) is 21.7 Å². The minimum absolute atomic E-state index is 0.0616. The fourth-order valence-electron chi connectivity index (χ4n) is 4.39. The van der Waals surface area contributed by atoms with Gasteiger partial charge in [0, 0.05) is 28.0 Å². The van der Waals surface area contributed by atoms with Gasteiger partial charge in [-0.2, -0.15) is 5.10 Å². The number of para-hydroxylation sites is 2. The fourth-order valence-corrected chi connectivity index (χ4v) is 5.08. The number of anilines is 1. The van der Waals surface area contributed by atoms with Crippen LogP contribution in [0.25, 0.3) is 22.6 Å². The molecule has 0 saturated heterocycles. The summed E-state index contributed by atoms with van der Waals surface area (Å²) in [5.74, 6) is -0.266. The normalized spacial score (nSPS) is 10.9. The van der Waals surface area contributed by atoms with Crippen LogP contribution < -0.4 is 10.6 Å². The maximum absolute atomic E-state index is 14.6. The molecule has 0 bridgehead atoms. The molecule has 0 aliphatic carbocycles. The summed E-state index contributed by atoms with van der Waals surface area (Å²) < 4.78 is 18.2. The SMILES string of the molecule is Cc1cc(-c2cc(NC(=S)NC(=O)c3ccc(Cl)cc3Cl)n(-c3ccccc3)n2)c(C)n1-c1ccccc1F. The number of thiocarbonyl (C=S) groups is 1. The first-order chi connectivity index (χ1) is 18.7. The first-order valence-electron chi connectivity index (χ1n) is 11.9. The third-order valence-electron chi connectivity index (χ3n) is 6.15. The summed E-state index contributed by atoms with van der Waals surface area (Å²) in [7, 11) is 0. The second-order valence-corrected chi connectivity index (χ2v) is 10.0. The van der Waals surface area contributed by atoms with E-state index in [2.05, 4.69) is 10.6 Å². The average Bonchev–Trinajstić information content (AvgIpc) is 3.44. The van der Waals surface area contributed by atoms with Crippen molar-refractivity contribution >= 4 is 52.3 Å². The molecule has 0 unspecified atom stereocenters. The highest BCUT2D eigenvalue weighted by Crippen LogP contribution is 2.32. The van der Waals surface area contributed by atoms with E-state index in [-0.39, 0.29) is 21.5 Å². The second kappa shape index (κ2) is 11.0. The Morgan fingerprint density at radius 1 is 0.949 bits per heavy atom. The van der Waals surface area contributed by atoms with Gasteiger partial charge < -0.3 is 9.88 Å². The molecule has 0 fully saturated rings. The number of carbonyl (C=O) groups excluding carboxylic acids is 1. The van der Waals surface area contributed by atoms with Crippen molar-refractivity contribution in [2.45, 2.75) is 13.8 Å². The Morgan fingerprint density at radius 3 is 2.38 bits per heavy atom. The van der Waals surface area contributed by atoms with Crippen molar-refractivity contribution in [2.75, 3.05) is 5.32 Å². The van der Waals surface area contributed by atoms with Crippen molar-refractivity contribution < 1.29 is 9.18 Å². The molecule has 6 nitrogen and oxygen atoms in total. The van der Waals surface area contributed by atoms with Crippen LogP contribution in [0.3, 0.4) is 0 Å². The summed E-state index contributed by atoms with van der Waals surface area (Å²) in [6.07, 6.45) is 0. The van der Waals surface area contributed by atoms with E-state index in [9.17, 15) is 9.18 Å². The van der Waals surface area contributed by atoms with E-state index in [1.165, 1.54) is 18.2 Å². The van der Waals surface area contributed by atoms with Gasteiger partial charge >= 0.3 is 0 Å². The molecule has 0 spiro atoms. The maximum atomic E-state index is 14.6. The molecule has 0 atom stereocenters. The minimum atomic E-state index is -0.478. The van der Waals surface area contributed by atoms with Gasteiger partial charge in [-0.1, -0.05) is 53.5 Å². The van der Waals surface area contributed by atoms with Crippen molar-refractivity contribution in [3.63, 3.8) is 0 Å². The molecular weight excluding hydrogens is 556 g/mol. The lowest BCUT2D eigenvalue weighted by Gasteiger charge is -2.12. The van der Waals surface area contributed by atoms with Gasteiger partial charge in [-0.15, -0.1) is 0 Å². The van der Waals surface area contributed by atoms with Gasteiger partial charge in [-0.25, -0.2) is 9.07 Å². The number of aromatic nitrogens is 3. The van der Waals surface area contributed by atoms with Crippen molar-refractivity contribution in [3.8, 4) is 22.6 Å². The highest BCUT2D eigenvalue weighted by atomic mass is 35.5. The third-order valence-corrected chi connectivity index (χ3v) is 6.91. The molecule has 0 aliphatic heterocycles. The van der Waals surface area contributed by atoms with E-state index in [4.69, 9.17) is 40.5 Å². The second-order valence-electron chi connectivity index (χ2n) is 8.77. The van der Waals surface area contributed by atoms with Gasteiger partial charge in [0.1, 0.15) is 11.6 Å². The van der Waals surface area contributed by atoms with Gasteiger partial charge in [0.05, 0.1) is 27.7 Å². The molecule has 5 aromatic rings. The monoisotopic (exact) mass is 577 g/mol. The molecule has 2 aromatic heterocycles. The first kappa shape index (κ1) is 26.6. The number of halogens is 3. The van der Waals surface area contributed by atoms with E-state index in [0.717, 1.165) is 22.6 Å². The van der Waals surface area contributed by atoms with Gasteiger partial charge in [0.2, 0.25) is 0 Å². The number of benzene rings is 3. The number of nitrogens with one attached hydrogen (secondary N) is 2. The molecule has 2 N–H and O–H groups in total. The zero-order valence-electron chi connectivity index (χ0n) is 20.9. The molecule has 39 heavy (non-hydrogen) atoms. The zero-order valence-corrected chi connectivity index (χ0v) is 23.2. The Bertz CT molecular complexity index is 1710. The Kier molecular flexibility index (Phi) is 7.52. The fraction of sp³-hybridized carbons (Fsp3) is 0.0690. The molecule has 10 heteroatoms. The number of hydrogen-bond acceptors (Lipinski definition) is 3. The Balaban J connectivity index is 1.49. The quantitative estimate of drug-likeness (QED) is 0.212. The van der Waals surface area contributed by atoms with E-state index >= 15 is 0 Å². The number of carbonyl (C=O) groups is 1. The van der Waals surface area contributed by atoms with Crippen LogP contribution in [0.4, 0.5) is 10.2 Å². The standard InChI is InChI=1S/C29H22Cl2FN5OS/c1-17-14-22(18(2)36(17)26-11-7-6-10-24(26)32)25-16-27(37(35-25)20-8-4-3-5-9-20)33-29(39)34-28(38)21-13-12-19(30)15-23(21)31/h3-16H,1-2H3,(H2,33,34,38,39). The van der Waals surface area contributed by atoms with Crippen molar-refractivity contribution in [1.82, 2.24) is 19.7 Å². The largest absolute Gasteiger partial charge is 0.317 e. The highest BCUT2D eigenvalue weighted by Gasteiger charge is 2.20. The van der Waals surface area contributed by atoms with Crippen molar-refractivity contribution in [2.24, 2.45) is 0 Å². The summed E-state index contributed by atoms with van der Waals surface area (Å²) in [6.45, 7) is 3.84. The van der Waals surface area contributed by atoms with E-state index in [1.54, 1.807) is 28.9 Å². The van der Waals surface area contributed by atoms with Gasteiger partial charge in [0.15, 0.2) is 5.11 Å². The summed E-state index contributed by atoms with van der Waals surface area (Å²) in [6, 6.07) is 24.5. The van der Waals surface area contributed by atoms with Crippen molar-refractivity contribution in [1.29, 1.82) is 0 Å². The first-order valence-corrected chi connectivity index (χ1v) is 13.1. The van der Waals surface area contributed by atoms with Gasteiger partial charge in [-0.3, -0.25) is 10.1 Å². The number of rotatable bonds is 5. The molecule has 196 valence electrons. The topological polar surface area (TPSA) is 63.9 Å². The average molecular weight is 579 g/mol. The molecule has 0 saturated carbocycles. The summed E-state index contributed by atoms with van der Waals surface area (Å²) in [4.78, 5) is 12.8. The minimum Gasteiger partial charge on any atom is -0.317 e. The Hall–Kier alpha value is -3.98. The molecule has 0 aliphatic rings.